The van der Waals surface area contributed by atoms with Crippen LogP contribution in [0.2, 0.25) is 0 Å². The lowest BCUT2D eigenvalue weighted by Gasteiger charge is -2.34. The molecule has 0 atom stereocenters. The Labute approximate surface area is 164 Å². The summed E-state index contributed by atoms with van der Waals surface area (Å²) in [4.78, 5) is 19.7. The lowest BCUT2D eigenvalue weighted by Crippen LogP contribution is -2.46. The Morgan fingerprint density at radius 2 is 2.07 bits per heavy atom. The molecule has 1 aromatic carbocycles. The normalized spacial score (nSPS) is 15.1. The second-order valence-electron chi connectivity index (χ2n) is 7.26. The number of nitrogens with one attached hydrogen (secondary N) is 1. The predicted octanol–water partition coefficient (Wildman–Crippen LogP) is 2.73. The molecule has 4 rings (SSSR count). The largest absolute Gasteiger partial charge is 0.334 e. The third kappa shape index (κ3) is 3.38. The van der Waals surface area contributed by atoms with Crippen LogP contribution in [0.5, 0.6) is 0 Å². The highest BCUT2D eigenvalue weighted by atomic mass is 16.2. The van der Waals surface area contributed by atoms with Crippen LogP contribution in [0.25, 0.3) is 16.6 Å². The van der Waals surface area contributed by atoms with Gasteiger partial charge in [-0.1, -0.05) is 18.2 Å². The molecule has 7 nitrogen and oxygen atoms in total. The number of rotatable bonds is 5. The molecular formula is C21H26N6O. The minimum absolute atomic E-state index is 0.0177. The van der Waals surface area contributed by atoms with Crippen molar-refractivity contribution >= 4 is 16.8 Å². The summed E-state index contributed by atoms with van der Waals surface area (Å²) in [7, 11) is 0. The minimum atomic E-state index is -0.0177. The molecule has 1 amide bonds. The molecule has 28 heavy (non-hydrogen) atoms. The first-order chi connectivity index (χ1) is 13.7. The topological polar surface area (TPSA) is 75.9 Å². The molecule has 3 heterocycles. The first-order valence-corrected chi connectivity index (χ1v) is 9.98. The van der Waals surface area contributed by atoms with Crippen molar-refractivity contribution in [3.63, 3.8) is 0 Å². The maximum atomic E-state index is 13.3. The number of carbonyl (C=O) groups is 1. The van der Waals surface area contributed by atoms with Gasteiger partial charge in [-0.2, -0.15) is 0 Å². The van der Waals surface area contributed by atoms with Crippen molar-refractivity contribution in [3.8, 4) is 5.69 Å². The van der Waals surface area contributed by atoms with Crippen molar-refractivity contribution in [2.75, 3.05) is 19.6 Å². The molecule has 0 unspecified atom stereocenters. The van der Waals surface area contributed by atoms with Crippen LogP contribution in [0.1, 0.15) is 42.4 Å². The average molecular weight is 378 g/mol. The van der Waals surface area contributed by atoms with Crippen molar-refractivity contribution in [2.45, 2.75) is 39.2 Å². The second-order valence-corrected chi connectivity index (χ2v) is 7.26. The van der Waals surface area contributed by atoms with Crippen molar-refractivity contribution in [1.82, 2.24) is 30.2 Å². The summed E-state index contributed by atoms with van der Waals surface area (Å²) in [5.74, 6) is -0.0177. The Hall–Kier alpha value is -2.80. The van der Waals surface area contributed by atoms with E-state index in [2.05, 4.69) is 27.5 Å². The number of hydrogen-bond acceptors (Lipinski definition) is 5. The van der Waals surface area contributed by atoms with Crippen LogP contribution in [-0.4, -0.2) is 56.5 Å². The number of amides is 1. The highest BCUT2D eigenvalue weighted by Gasteiger charge is 2.29. The molecule has 3 aromatic rings. The van der Waals surface area contributed by atoms with Crippen LogP contribution in [0, 0.1) is 6.92 Å². The monoisotopic (exact) mass is 378 g/mol. The number of nitrogens with zero attached hydrogens (tertiary/aromatic N) is 5. The molecule has 146 valence electrons. The third-order valence-electron chi connectivity index (χ3n) is 5.42. The molecule has 1 fully saturated rings. The van der Waals surface area contributed by atoms with E-state index in [4.69, 9.17) is 0 Å². The van der Waals surface area contributed by atoms with Crippen molar-refractivity contribution < 1.29 is 4.79 Å². The maximum absolute atomic E-state index is 13.3. The quantitative estimate of drug-likeness (QED) is 0.739. The van der Waals surface area contributed by atoms with Crippen LogP contribution in [-0.2, 0) is 0 Å². The lowest BCUT2D eigenvalue weighted by molar-refractivity contribution is 0.0635. The summed E-state index contributed by atoms with van der Waals surface area (Å²) < 4.78 is 1.75. The molecule has 1 aliphatic rings. The third-order valence-corrected chi connectivity index (χ3v) is 5.42. The van der Waals surface area contributed by atoms with Gasteiger partial charge in [0.1, 0.15) is 0 Å². The van der Waals surface area contributed by atoms with Crippen molar-refractivity contribution in [3.05, 3.63) is 47.9 Å². The Kier molecular flexibility index (Phi) is 5.34. The van der Waals surface area contributed by atoms with Gasteiger partial charge in [0.25, 0.3) is 5.91 Å². The average Bonchev–Trinajstić information content (AvgIpc) is 3.13. The Morgan fingerprint density at radius 1 is 1.25 bits per heavy atom. The smallest absolute Gasteiger partial charge is 0.276 e. The first-order valence-electron chi connectivity index (χ1n) is 9.98. The van der Waals surface area contributed by atoms with E-state index in [0.717, 1.165) is 61.2 Å². The van der Waals surface area contributed by atoms with Gasteiger partial charge in [0, 0.05) is 24.2 Å². The van der Waals surface area contributed by atoms with Crippen LogP contribution in [0.15, 0.2) is 36.5 Å². The molecular weight excluding hydrogens is 352 g/mol. The molecule has 0 bridgehead atoms. The minimum Gasteiger partial charge on any atom is -0.334 e. The van der Waals surface area contributed by atoms with E-state index in [9.17, 15) is 4.79 Å². The summed E-state index contributed by atoms with van der Waals surface area (Å²) in [6, 6.07) is 10.1. The van der Waals surface area contributed by atoms with E-state index < -0.39 is 0 Å². The predicted molar refractivity (Wildman–Crippen MR) is 109 cm³/mol. The Morgan fingerprint density at radius 3 is 2.86 bits per heavy atom. The lowest BCUT2D eigenvalue weighted by atomic mass is 10.0. The number of piperidine rings is 1. The second kappa shape index (κ2) is 8.06. The number of benzene rings is 1. The SMILES string of the molecule is CCCN(C(=O)c1nnn(-c2cccc3ncccc23)c1C)C1CCNCC1. The number of aromatic nitrogens is 4. The van der Waals surface area contributed by atoms with E-state index in [-0.39, 0.29) is 11.9 Å². The Balaban J connectivity index is 1.70. The fourth-order valence-corrected chi connectivity index (χ4v) is 3.97. The molecule has 1 aliphatic heterocycles. The molecule has 1 saturated heterocycles. The molecule has 0 spiro atoms. The number of carbonyl (C=O) groups excluding carboxylic acids is 1. The van der Waals surface area contributed by atoms with Crippen molar-refractivity contribution in [2.24, 2.45) is 0 Å². The van der Waals surface area contributed by atoms with E-state index in [1.54, 1.807) is 10.9 Å². The summed E-state index contributed by atoms with van der Waals surface area (Å²) in [5.41, 5.74) is 2.98. The van der Waals surface area contributed by atoms with Gasteiger partial charge in [0.15, 0.2) is 5.69 Å². The molecule has 0 radical (unpaired) electrons. The number of pyridine rings is 1. The highest BCUT2D eigenvalue weighted by molar-refractivity contribution is 5.94. The fraction of sp³-hybridized carbons (Fsp3) is 0.429. The molecule has 1 N–H and O–H groups in total. The highest BCUT2D eigenvalue weighted by Crippen LogP contribution is 2.23. The molecule has 0 aliphatic carbocycles. The summed E-state index contributed by atoms with van der Waals surface area (Å²) in [6.07, 6.45) is 4.66. The summed E-state index contributed by atoms with van der Waals surface area (Å²) >= 11 is 0. The van der Waals surface area contributed by atoms with Gasteiger partial charge in [-0.15, -0.1) is 5.10 Å². The van der Waals surface area contributed by atoms with E-state index in [1.807, 2.05) is 42.2 Å². The van der Waals surface area contributed by atoms with Gasteiger partial charge in [-0.3, -0.25) is 9.78 Å². The summed E-state index contributed by atoms with van der Waals surface area (Å²) in [6.45, 7) is 6.66. The standard InChI is InChI=1S/C21H26N6O/c1-3-14-26(16-9-12-22-13-10-16)21(28)20-15(2)27(25-24-20)19-8-4-7-18-17(19)6-5-11-23-18/h4-8,11,16,22H,3,9-10,12-14H2,1-2H3. The molecule has 7 heteroatoms. The van der Waals surface area contributed by atoms with Gasteiger partial charge in [-0.25, -0.2) is 4.68 Å². The van der Waals surface area contributed by atoms with E-state index in [0.29, 0.717) is 5.69 Å². The molecule has 2 aromatic heterocycles. The van der Waals surface area contributed by atoms with Gasteiger partial charge in [0.2, 0.25) is 0 Å². The Bertz CT molecular complexity index is 971. The molecule has 0 saturated carbocycles. The van der Waals surface area contributed by atoms with Crippen LogP contribution in [0.3, 0.4) is 0 Å². The van der Waals surface area contributed by atoms with Crippen LogP contribution < -0.4 is 5.32 Å². The van der Waals surface area contributed by atoms with E-state index in [1.165, 1.54) is 0 Å². The number of hydrogen-bond donors (Lipinski definition) is 1. The summed E-state index contributed by atoms with van der Waals surface area (Å²) in [5, 5.41) is 13.0. The van der Waals surface area contributed by atoms with Crippen LogP contribution >= 0.6 is 0 Å². The fourth-order valence-electron chi connectivity index (χ4n) is 3.97. The van der Waals surface area contributed by atoms with E-state index >= 15 is 0 Å². The van der Waals surface area contributed by atoms with Gasteiger partial charge < -0.3 is 10.2 Å². The zero-order chi connectivity index (χ0) is 19.5. The van der Waals surface area contributed by atoms with Gasteiger partial charge in [-0.05, 0) is 63.5 Å². The maximum Gasteiger partial charge on any atom is 0.276 e. The zero-order valence-electron chi connectivity index (χ0n) is 16.4. The first kappa shape index (κ1) is 18.6. The van der Waals surface area contributed by atoms with Gasteiger partial charge >= 0.3 is 0 Å². The van der Waals surface area contributed by atoms with Crippen LogP contribution in [0.4, 0.5) is 0 Å². The van der Waals surface area contributed by atoms with Crippen molar-refractivity contribution in [1.29, 1.82) is 0 Å². The zero-order valence-corrected chi connectivity index (χ0v) is 16.4. The number of fused-ring (bicyclic) bond motifs is 1. The van der Waals surface area contributed by atoms with Gasteiger partial charge in [0.05, 0.1) is 16.9 Å².